The van der Waals surface area contributed by atoms with Crippen molar-refractivity contribution in [1.29, 1.82) is 0 Å². The summed E-state index contributed by atoms with van der Waals surface area (Å²) in [4.78, 5) is 0. The fourth-order valence-corrected chi connectivity index (χ4v) is 4.41. The Bertz CT molecular complexity index is 353. The molecule has 0 aromatic heterocycles. The monoisotopic (exact) mass is 334 g/mol. The van der Waals surface area contributed by atoms with Crippen LogP contribution in [0.25, 0.3) is 0 Å². The quantitative estimate of drug-likeness (QED) is 0.750. The molecule has 1 saturated heterocycles. The summed E-state index contributed by atoms with van der Waals surface area (Å²) < 4.78 is 51.8. The molecular formula is C18H29F3O2. The number of rotatable bonds is 3. The van der Waals surface area contributed by atoms with Crippen molar-refractivity contribution in [2.24, 2.45) is 23.7 Å². The first-order valence-corrected chi connectivity index (χ1v) is 9.18. The summed E-state index contributed by atoms with van der Waals surface area (Å²) >= 11 is 0. The van der Waals surface area contributed by atoms with Crippen LogP contribution in [-0.4, -0.2) is 38.0 Å². The highest BCUT2D eigenvalue weighted by molar-refractivity contribution is 4.87. The van der Waals surface area contributed by atoms with E-state index in [0.29, 0.717) is 31.5 Å². The van der Waals surface area contributed by atoms with Crippen molar-refractivity contribution in [1.82, 2.24) is 0 Å². The van der Waals surface area contributed by atoms with Gasteiger partial charge in [-0.3, -0.25) is 0 Å². The van der Waals surface area contributed by atoms with Crippen LogP contribution in [0.5, 0.6) is 0 Å². The van der Waals surface area contributed by atoms with Crippen LogP contribution < -0.4 is 0 Å². The Kier molecular flexibility index (Phi) is 5.89. The van der Waals surface area contributed by atoms with Crippen LogP contribution >= 0.6 is 0 Å². The molecule has 2 nitrogen and oxygen atoms in total. The predicted molar refractivity (Wildman–Crippen MR) is 82.3 cm³/mol. The second kappa shape index (κ2) is 7.73. The largest absolute Gasteiger partial charge is 0.352 e. The summed E-state index contributed by atoms with van der Waals surface area (Å²) in [6, 6.07) is 0. The van der Waals surface area contributed by atoms with Crippen molar-refractivity contribution in [2.75, 3.05) is 13.2 Å². The Morgan fingerprint density at radius 1 is 0.826 bits per heavy atom. The molecule has 2 aliphatic carbocycles. The molecule has 1 aliphatic heterocycles. The third kappa shape index (κ3) is 4.41. The third-order valence-corrected chi connectivity index (χ3v) is 6.05. The van der Waals surface area contributed by atoms with Gasteiger partial charge >= 0.3 is 0 Å². The first-order chi connectivity index (χ1) is 11.0. The van der Waals surface area contributed by atoms with Crippen molar-refractivity contribution in [2.45, 2.75) is 76.7 Å². The number of alkyl halides is 3. The topological polar surface area (TPSA) is 18.5 Å². The molecule has 1 heterocycles. The van der Waals surface area contributed by atoms with Gasteiger partial charge in [-0.25, -0.2) is 13.2 Å². The maximum Gasteiger partial charge on any atom is 0.162 e. The van der Waals surface area contributed by atoms with E-state index in [1.807, 2.05) is 0 Å². The van der Waals surface area contributed by atoms with E-state index in [1.165, 1.54) is 25.7 Å². The van der Waals surface area contributed by atoms with Crippen LogP contribution in [0.15, 0.2) is 0 Å². The van der Waals surface area contributed by atoms with Crippen molar-refractivity contribution < 1.29 is 22.6 Å². The molecule has 0 N–H and O–H groups in total. The van der Waals surface area contributed by atoms with Gasteiger partial charge in [-0.1, -0.05) is 19.8 Å². The highest BCUT2D eigenvalue weighted by Crippen LogP contribution is 2.37. The second-order valence-electron chi connectivity index (χ2n) is 7.93. The SMILES string of the molecule is CC1CCC(C2COC(CC3CC(F)C(F)C(F)C3)OC2)CC1. The van der Waals surface area contributed by atoms with Crippen LogP contribution in [0.4, 0.5) is 13.2 Å². The van der Waals surface area contributed by atoms with E-state index >= 15 is 0 Å². The molecular weight excluding hydrogens is 305 g/mol. The molecule has 0 bridgehead atoms. The highest BCUT2D eigenvalue weighted by Gasteiger charge is 2.40. The molecule has 0 radical (unpaired) electrons. The molecule has 2 atom stereocenters. The molecule has 0 amide bonds. The second-order valence-corrected chi connectivity index (χ2v) is 7.93. The van der Waals surface area contributed by atoms with E-state index in [9.17, 15) is 13.2 Å². The summed E-state index contributed by atoms with van der Waals surface area (Å²) in [5.41, 5.74) is 0. The van der Waals surface area contributed by atoms with Crippen molar-refractivity contribution >= 4 is 0 Å². The maximum absolute atomic E-state index is 13.5. The molecule has 5 heteroatoms. The van der Waals surface area contributed by atoms with E-state index in [0.717, 1.165) is 5.92 Å². The zero-order chi connectivity index (χ0) is 16.4. The standard InChI is InChI=1S/C18H29F3O2/c1-11-2-4-13(5-3-11)14-9-22-17(23-10-14)8-12-6-15(19)18(21)16(20)7-12/h11-18H,2-10H2,1H3. The lowest BCUT2D eigenvalue weighted by Crippen LogP contribution is -2.41. The number of hydrogen-bond acceptors (Lipinski definition) is 2. The summed E-state index contributed by atoms with van der Waals surface area (Å²) in [5, 5.41) is 0. The lowest BCUT2D eigenvalue weighted by molar-refractivity contribution is -0.219. The van der Waals surface area contributed by atoms with Gasteiger partial charge in [0.05, 0.1) is 13.2 Å². The van der Waals surface area contributed by atoms with Gasteiger partial charge in [0, 0.05) is 12.3 Å². The van der Waals surface area contributed by atoms with Crippen LogP contribution in [-0.2, 0) is 9.47 Å². The number of hydrogen-bond donors (Lipinski definition) is 0. The van der Waals surface area contributed by atoms with Gasteiger partial charge in [-0.15, -0.1) is 0 Å². The van der Waals surface area contributed by atoms with Crippen molar-refractivity contribution in [3.8, 4) is 0 Å². The number of ether oxygens (including phenoxy) is 2. The minimum atomic E-state index is -1.96. The van der Waals surface area contributed by atoms with Gasteiger partial charge in [0.2, 0.25) is 0 Å². The zero-order valence-electron chi connectivity index (χ0n) is 13.9. The normalized spacial score (nSPS) is 49.0. The Balaban J connectivity index is 1.41. The van der Waals surface area contributed by atoms with Gasteiger partial charge < -0.3 is 9.47 Å². The molecule has 3 aliphatic rings. The predicted octanol–water partition coefficient (Wildman–Crippen LogP) is 4.62. The lowest BCUT2D eigenvalue weighted by atomic mass is 9.76. The van der Waals surface area contributed by atoms with Crippen LogP contribution in [0.2, 0.25) is 0 Å². The first-order valence-electron chi connectivity index (χ1n) is 9.18. The fraction of sp³-hybridized carbons (Fsp3) is 1.00. The molecule has 3 rings (SSSR count). The highest BCUT2D eigenvalue weighted by atomic mass is 19.2. The van der Waals surface area contributed by atoms with Gasteiger partial charge in [0.25, 0.3) is 0 Å². The molecule has 0 spiro atoms. The summed E-state index contributed by atoms with van der Waals surface area (Å²) in [7, 11) is 0. The van der Waals surface area contributed by atoms with E-state index in [2.05, 4.69) is 6.92 Å². The molecule has 134 valence electrons. The summed E-state index contributed by atoms with van der Waals surface area (Å²) in [6.45, 7) is 3.67. The molecule has 2 saturated carbocycles. The Hall–Kier alpha value is -0.290. The Morgan fingerprint density at radius 3 is 1.96 bits per heavy atom. The zero-order valence-corrected chi connectivity index (χ0v) is 13.9. The third-order valence-electron chi connectivity index (χ3n) is 6.05. The first kappa shape index (κ1) is 17.5. The molecule has 0 aromatic carbocycles. The fourth-order valence-electron chi connectivity index (χ4n) is 4.41. The van der Waals surface area contributed by atoms with E-state index in [1.54, 1.807) is 0 Å². The van der Waals surface area contributed by atoms with Gasteiger partial charge in [0.15, 0.2) is 12.5 Å². The van der Waals surface area contributed by atoms with Crippen molar-refractivity contribution in [3.63, 3.8) is 0 Å². The van der Waals surface area contributed by atoms with E-state index in [-0.39, 0.29) is 25.0 Å². The summed E-state index contributed by atoms with van der Waals surface area (Å²) in [5.74, 6) is 1.77. The Labute approximate surface area is 137 Å². The molecule has 3 fully saturated rings. The summed E-state index contributed by atoms with van der Waals surface area (Å²) in [6.07, 6.45) is -0.0286. The molecule has 23 heavy (non-hydrogen) atoms. The average Bonchev–Trinajstić information content (AvgIpc) is 2.54. The van der Waals surface area contributed by atoms with Crippen LogP contribution in [0.3, 0.4) is 0 Å². The average molecular weight is 334 g/mol. The number of halogens is 3. The Morgan fingerprint density at radius 2 is 1.39 bits per heavy atom. The van der Waals surface area contributed by atoms with Gasteiger partial charge in [0.1, 0.15) is 12.3 Å². The minimum absolute atomic E-state index is 0.0781. The van der Waals surface area contributed by atoms with Gasteiger partial charge in [-0.2, -0.15) is 0 Å². The lowest BCUT2D eigenvalue weighted by Gasteiger charge is -2.39. The van der Waals surface area contributed by atoms with Crippen molar-refractivity contribution in [3.05, 3.63) is 0 Å². The maximum atomic E-state index is 13.5. The van der Waals surface area contributed by atoms with Crippen LogP contribution in [0.1, 0.15) is 51.9 Å². The molecule has 0 aromatic rings. The van der Waals surface area contributed by atoms with Crippen LogP contribution in [0, 0.1) is 23.7 Å². The molecule has 2 unspecified atom stereocenters. The van der Waals surface area contributed by atoms with E-state index < -0.39 is 18.5 Å². The smallest absolute Gasteiger partial charge is 0.162 e. The minimum Gasteiger partial charge on any atom is -0.352 e. The van der Waals surface area contributed by atoms with E-state index in [4.69, 9.17) is 9.47 Å². The van der Waals surface area contributed by atoms with Gasteiger partial charge in [-0.05, 0) is 43.4 Å².